The Morgan fingerprint density at radius 1 is 1.25 bits per heavy atom. The predicted molar refractivity (Wildman–Crippen MR) is 60.5 cm³/mol. The van der Waals surface area contributed by atoms with Crippen LogP contribution in [0, 0.1) is 0 Å². The van der Waals surface area contributed by atoms with Crippen molar-refractivity contribution in [3.8, 4) is 5.75 Å². The van der Waals surface area contributed by atoms with Gasteiger partial charge in [0, 0.05) is 19.7 Å². The lowest BCUT2D eigenvalue weighted by Gasteiger charge is -2.16. The van der Waals surface area contributed by atoms with Gasteiger partial charge in [0.05, 0.1) is 0 Å². The van der Waals surface area contributed by atoms with Gasteiger partial charge in [-0.15, -0.1) is 0 Å². The van der Waals surface area contributed by atoms with Crippen LogP contribution >= 0.6 is 0 Å². The number of hydrogen-bond donors (Lipinski definition) is 3. The maximum atomic E-state index is 9.57. The zero-order chi connectivity index (χ0) is 11.4. The molecule has 3 N–H and O–H groups in total. The number of hydrogen-bond acceptors (Lipinski definition) is 4. The third-order valence-electron chi connectivity index (χ3n) is 2.74. The summed E-state index contributed by atoms with van der Waals surface area (Å²) in [5.74, 6) is 0.759. The van der Waals surface area contributed by atoms with E-state index in [2.05, 4.69) is 5.32 Å². The number of rotatable bonds is 4. The number of aliphatic hydroxyl groups is 2. The Morgan fingerprint density at radius 2 is 2.00 bits per heavy atom. The first-order chi connectivity index (χ1) is 7.79. The molecule has 0 aromatic heterocycles. The summed E-state index contributed by atoms with van der Waals surface area (Å²) in [5, 5.41) is 21.4. The van der Waals surface area contributed by atoms with Gasteiger partial charge < -0.3 is 20.3 Å². The van der Waals surface area contributed by atoms with Gasteiger partial charge >= 0.3 is 0 Å². The van der Waals surface area contributed by atoms with Crippen LogP contribution in [0.2, 0.25) is 0 Å². The van der Waals surface area contributed by atoms with Gasteiger partial charge in [-0.05, 0) is 24.1 Å². The smallest absolute Gasteiger partial charge is 0.138 e. The highest BCUT2D eigenvalue weighted by Crippen LogP contribution is 2.16. The molecule has 1 aromatic carbocycles. The molecule has 0 amide bonds. The Bertz CT molecular complexity index is 326. The van der Waals surface area contributed by atoms with Crippen LogP contribution in [0.15, 0.2) is 24.3 Å². The molecule has 88 valence electrons. The average Bonchev–Trinajstić information content (AvgIpc) is 2.68. The first-order valence-electron chi connectivity index (χ1n) is 5.55. The van der Waals surface area contributed by atoms with E-state index >= 15 is 0 Å². The summed E-state index contributed by atoms with van der Waals surface area (Å²) in [6, 6.07) is 7.60. The Balaban J connectivity index is 1.94. The number of nitrogens with one attached hydrogen (secondary N) is 1. The topological polar surface area (TPSA) is 61.7 Å². The van der Waals surface area contributed by atoms with E-state index in [-0.39, 0.29) is 12.7 Å². The van der Waals surface area contributed by atoms with E-state index in [9.17, 15) is 5.11 Å². The van der Waals surface area contributed by atoms with E-state index in [1.54, 1.807) is 0 Å². The molecule has 1 saturated heterocycles. The molecule has 1 aliphatic heterocycles. The summed E-state index contributed by atoms with van der Waals surface area (Å²) in [6.07, 6.45) is 0.0641. The van der Waals surface area contributed by atoms with E-state index in [0.29, 0.717) is 19.5 Å². The fraction of sp³-hybridized carbons (Fsp3) is 0.500. The molecule has 2 rings (SSSR count). The summed E-state index contributed by atoms with van der Waals surface area (Å²) >= 11 is 0. The zero-order valence-corrected chi connectivity index (χ0v) is 9.10. The molecular weight excluding hydrogens is 206 g/mol. The van der Waals surface area contributed by atoms with Crippen molar-refractivity contribution in [1.29, 1.82) is 0 Å². The van der Waals surface area contributed by atoms with E-state index in [1.165, 1.54) is 0 Å². The Hall–Kier alpha value is -1.10. The molecule has 0 bridgehead atoms. The first kappa shape index (κ1) is 11.4. The van der Waals surface area contributed by atoms with Crippen molar-refractivity contribution in [3.05, 3.63) is 29.8 Å². The molecule has 0 radical (unpaired) electrons. The second-order valence-electron chi connectivity index (χ2n) is 4.00. The molecule has 16 heavy (non-hydrogen) atoms. The number of benzene rings is 1. The molecular formula is C12H17NO3. The number of ether oxygens (including phenoxy) is 1. The second kappa shape index (κ2) is 5.30. The van der Waals surface area contributed by atoms with Crippen molar-refractivity contribution in [2.24, 2.45) is 0 Å². The van der Waals surface area contributed by atoms with E-state index in [4.69, 9.17) is 9.84 Å². The quantitative estimate of drug-likeness (QED) is 0.669. The molecule has 4 heteroatoms. The van der Waals surface area contributed by atoms with Crippen LogP contribution in [-0.2, 0) is 6.42 Å². The summed E-state index contributed by atoms with van der Waals surface area (Å²) in [6.45, 7) is 1.43. The van der Waals surface area contributed by atoms with Gasteiger partial charge in [0.1, 0.15) is 18.0 Å². The lowest BCUT2D eigenvalue weighted by atomic mass is 10.1. The molecule has 2 unspecified atom stereocenters. The van der Waals surface area contributed by atoms with Crippen molar-refractivity contribution in [2.45, 2.75) is 18.6 Å². The molecule has 4 nitrogen and oxygen atoms in total. The first-order valence-corrected chi connectivity index (χ1v) is 5.55. The minimum absolute atomic E-state index is 0.158. The fourth-order valence-electron chi connectivity index (χ4n) is 1.80. The van der Waals surface area contributed by atoms with Crippen LogP contribution in [-0.4, -0.2) is 42.1 Å². The molecule has 0 saturated carbocycles. The maximum Gasteiger partial charge on any atom is 0.138 e. The minimum Gasteiger partial charge on any atom is -0.486 e. The number of β-amino-alcohol motifs (C(OH)–C–C–N with tert-alkyl or cyclic N) is 1. The monoisotopic (exact) mass is 223 g/mol. The van der Waals surface area contributed by atoms with Gasteiger partial charge in [0.2, 0.25) is 0 Å². The van der Waals surface area contributed by atoms with Crippen molar-refractivity contribution in [2.75, 3.05) is 19.7 Å². The molecule has 1 aliphatic rings. The summed E-state index contributed by atoms with van der Waals surface area (Å²) < 4.78 is 5.65. The number of aliphatic hydroxyl groups excluding tert-OH is 2. The third kappa shape index (κ3) is 2.72. The minimum atomic E-state index is -0.433. The third-order valence-corrected chi connectivity index (χ3v) is 2.74. The SMILES string of the molecule is OCCc1ccc(OC2CNCC2O)cc1. The van der Waals surface area contributed by atoms with Gasteiger partial charge in [-0.1, -0.05) is 12.1 Å². The second-order valence-corrected chi connectivity index (χ2v) is 4.00. The van der Waals surface area contributed by atoms with Crippen LogP contribution in [0.3, 0.4) is 0 Å². The van der Waals surface area contributed by atoms with Gasteiger partial charge in [-0.2, -0.15) is 0 Å². The lowest BCUT2D eigenvalue weighted by molar-refractivity contribution is 0.0737. The van der Waals surface area contributed by atoms with Crippen molar-refractivity contribution in [3.63, 3.8) is 0 Å². The fourth-order valence-corrected chi connectivity index (χ4v) is 1.80. The highest BCUT2D eigenvalue weighted by Gasteiger charge is 2.26. The normalized spacial score (nSPS) is 24.6. The Labute approximate surface area is 94.9 Å². The van der Waals surface area contributed by atoms with Gasteiger partial charge in [0.25, 0.3) is 0 Å². The van der Waals surface area contributed by atoms with Crippen LogP contribution in [0.25, 0.3) is 0 Å². The summed E-state index contributed by atoms with van der Waals surface area (Å²) in [5.41, 5.74) is 1.08. The van der Waals surface area contributed by atoms with Crippen LogP contribution in [0.5, 0.6) is 5.75 Å². The summed E-state index contributed by atoms with van der Waals surface area (Å²) in [4.78, 5) is 0. The molecule has 0 spiro atoms. The van der Waals surface area contributed by atoms with Crippen molar-refractivity contribution < 1.29 is 14.9 Å². The highest BCUT2D eigenvalue weighted by atomic mass is 16.5. The average molecular weight is 223 g/mol. The highest BCUT2D eigenvalue weighted by molar-refractivity contribution is 5.27. The Morgan fingerprint density at radius 3 is 2.56 bits per heavy atom. The molecule has 1 fully saturated rings. The van der Waals surface area contributed by atoms with E-state index < -0.39 is 6.10 Å². The standard InChI is InChI=1S/C12H17NO3/c14-6-5-9-1-3-10(4-2-9)16-12-8-13-7-11(12)15/h1-4,11-15H,5-8H2. The van der Waals surface area contributed by atoms with Crippen LogP contribution in [0.1, 0.15) is 5.56 Å². The van der Waals surface area contributed by atoms with Gasteiger partial charge in [-0.25, -0.2) is 0 Å². The molecule has 2 atom stereocenters. The molecule has 1 aromatic rings. The maximum absolute atomic E-state index is 9.57. The molecule has 0 aliphatic carbocycles. The lowest BCUT2D eigenvalue weighted by Crippen LogP contribution is -2.29. The zero-order valence-electron chi connectivity index (χ0n) is 9.10. The van der Waals surface area contributed by atoms with Gasteiger partial charge in [-0.3, -0.25) is 0 Å². The Kier molecular flexibility index (Phi) is 3.77. The van der Waals surface area contributed by atoms with E-state index in [1.807, 2.05) is 24.3 Å². The van der Waals surface area contributed by atoms with Gasteiger partial charge in [0.15, 0.2) is 0 Å². The van der Waals surface area contributed by atoms with E-state index in [0.717, 1.165) is 11.3 Å². The van der Waals surface area contributed by atoms with Crippen LogP contribution in [0.4, 0.5) is 0 Å². The summed E-state index contributed by atoms with van der Waals surface area (Å²) in [7, 11) is 0. The largest absolute Gasteiger partial charge is 0.486 e. The predicted octanol–water partition coefficient (Wildman–Crippen LogP) is -0.0671. The molecule has 1 heterocycles. The van der Waals surface area contributed by atoms with Crippen LogP contribution < -0.4 is 10.1 Å². The van der Waals surface area contributed by atoms with Crippen molar-refractivity contribution in [1.82, 2.24) is 5.32 Å². The van der Waals surface area contributed by atoms with Crippen molar-refractivity contribution >= 4 is 0 Å².